The Morgan fingerprint density at radius 3 is 2.35 bits per heavy atom. The van der Waals surface area contributed by atoms with E-state index in [9.17, 15) is 13.2 Å². The maximum absolute atomic E-state index is 12.7. The van der Waals surface area contributed by atoms with Crippen molar-refractivity contribution >= 4 is 5.82 Å². The molecule has 1 aromatic heterocycles. The molecule has 1 saturated heterocycles. The normalized spacial score (nSPS) is 15.9. The molecule has 1 aliphatic rings. The zero-order chi connectivity index (χ0) is 16.4. The minimum absolute atomic E-state index is 0.645. The number of halogens is 3. The standard InChI is InChI=1S/C16H19F3N4/c1-2-13-11-15(22-9-7-20-8-10-22)21-23(13)14-5-3-12(4-6-14)16(17,18)19/h3-6,11,20H,2,7-10H2,1H3. The maximum atomic E-state index is 12.7. The van der Waals surface area contributed by atoms with Gasteiger partial charge in [-0.05, 0) is 30.7 Å². The second-order valence-corrected chi connectivity index (χ2v) is 5.54. The number of hydrogen-bond acceptors (Lipinski definition) is 3. The van der Waals surface area contributed by atoms with E-state index in [1.54, 1.807) is 4.68 Å². The van der Waals surface area contributed by atoms with Gasteiger partial charge in [-0.2, -0.15) is 18.3 Å². The highest BCUT2D eigenvalue weighted by molar-refractivity contribution is 5.45. The van der Waals surface area contributed by atoms with Gasteiger partial charge in [-0.25, -0.2) is 4.68 Å². The van der Waals surface area contributed by atoms with Crippen LogP contribution in [0.1, 0.15) is 18.2 Å². The molecule has 4 nitrogen and oxygen atoms in total. The molecule has 0 spiro atoms. The predicted octanol–water partition coefficient (Wildman–Crippen LogP) is 2.86. The number of aryl methyl sites for hydroxylation is 1. The summed E-state index contributed by atoms with van der Waals surface area (Å²) >= 11 is 0. The van der Waals surface area contributed by atoms with Gasteiger partial charge in [-0.15, -0.1) is 0 Å². The second-order valence-electron chi connectivity index (χ2n) is 5.54. The van der Waals surface area contributed by atoms with Crippen molar-refractivity contribution in [1.82, 2.24) is 15.1 Å². The highest BCUT2D eigenvalue weighted by atomic mass is 19.4. The first-order valence-electron chi connectivity index (χ1n) is 7.71. The lowest BCUT2D eigenvalue weighted by atomic mass is 10.2. The van der Waals surface area contributed by atoms with E-state index in [1.165, 1.54) is 12.1 Å². The molecular weight excluding hydrogens is 305 g/mol. The van der Waals surface area contributed by atoms with Crippen LogP contribution in [0.4, 0.5) is 19.0 Å². The van der Waals surface area contributed by atoms with Gasteiger partial charge in [-0.1, -0.05) is 6.92 Å². The van der Waals surface area contributed by atoms with Crippen molar-refractivity contribution in [1.29, 1.82) is 0 Å². The Morgan fingerprint density at radius 2 is 1.78 bits per heavy atom. The summed E-state index contributed by atoms with van der Waals surface area (Å²) < 4.78 is 39.8. The van der Waals surface area contributed by atoms with Crippen molar-refractivity contribution in [3.8, 4) is 5.69 Å². The van der Waals surface area contributed by atoms with E-state index in [4.69, 9.17) is 0 Å². The van der Waals surface area contributed by atoms with Gasteiger partial charge in [0, 0.05) is 37.9 Å². The smallest absolute Gasteiger partial charge is 0.353 e. The van der Waals surface area contributed by atoms with E-state index >= 15 is 0 Å². The highest BCUT2D eigenvalue weighted by Crippen LogP contribution is 2.30. The lowest BCUT2D eigenvalue weighted by Gasteiger charge is -2.27. The fourth-order valence-corrected chi connectivity index (χ4v) is 2.72. The van der Waals surface area contributed by atoms with Crippen LogP contribution in [0.2, 0.25) is 0 Å². The molecule has 1 aromatic carbocycles. The van der Waals surface area contributed by atoms with Gasteiger partial charge < -0.3 is 10.2 Å². The number of nitrogens with one attached hydrogen (secondary N) is 1. The minimum Gasteiger partial charge on any atom is -0.353 e. The van der Waals surface area contributed by atoms with Crippen molar-refractivity contribution < 1.29 is 13.2 Å². The van der Waals surface area contributed by atoms with Gasteiger partial charge in [0.1, 0.15) is 0 Å². The largest absolute Gasteiger partial charge is 0.416 e. The Bertz CT molecular complexity index is 655. The second kappa shape index (κ2) is 6.23. The third-order valence-corrected chi connectivity index (χ3v) is 4.01. The first-order chi connectivity index (χ1) is 11.0. The Morgan fingerprint density at radius 1 is 1.13 bits per heavy atom. The molecule has 1 aliphatic heterocycles. The molecule has 0 saturated carbocycles. The molecule has 2 heterocycles. The lowest BCUT2D eigenvalue weighted by molar-refractivity contribution is -0.137. The lowest BCUT2D eigenvalue weighted by Crippen LogP contribution is -2.43. The third kappa shape index (κ3) is 3.34. The molecule has 2 aromatic rings. The highest BCUT2D eigenvalue weighted by Gasteiger charge is 2.30. The van der Waals surface area contributed by atoms with Crippen molar-refractivity contribution in [3.05, 3.63) is 41.6 Å². The molecule has 0 bridgehead atoms. The first-order valence-corrected chi connectivity index (χ1v) is 7.71. The molecule has 0 radical (unpaired) electrons. The van der Waals surface area contributed by atoms with Crippen molar-refractivity contribution in [3.63, 3.8) is 0 Å². The molecular formula is C16H19F3N4. The van der Waals surface area contributed by atoms with Crippen LogP contribution >= 0.6 is 0 Å². The molecule has 0 unspecified atom stereocenters. The average molecular weight is 324 g/mol. The van der Waals surface area contributed by atoms with Crippen LogP contribution in [-0.4, -0.2) is 36.0 Å². The quantitative estimate of drug-likeness (QED) is 0.942. The zero-order valence-electron chi connectivity index (χ0n) is 12.9. The number of anilines is 1. The molecule has 1 N–H and O–H groups in total. The molecule has 7 heteroatoms. The van der Waals surface area contributed by atoms with Crippen LogP contribution in [0.3, 0.4) is 0 Å². The number of aromatic nitrogens is 2. The van der Waals surface area contributed by atoms with Gasteiger partial charge in [0.05, 0.1) is 11.3 Å². The van der Waals surface area contributed by atoms with Crippen LogP contribution in [0, 0.1) is 0 Å². The summed E-state index contributed by atoms with van der Waals surface area (Å²) in [7, 11) is 0. The van der Waals surface area contributed by atoms with Crippen LogP contribution < -0.4 is 10.2 Å². The average Bonchev–Trinajstić information content (AvgIpc) is 2.99. The summed E-state index contributed by atoms with van der Waals surface area (Å²) in [6.45, 7) is 5.60. The van der Waals surface area contributed by atoms with E-state index in [0.717, 1.165) is 56.2 Å². The van der Waals surface area contributed by atoms with Crippen molar-refractivity contribution in [2.45, 2.75) is 19.5 Å². The Balaban J connectivity index is 1.91. The summed E-state index contributed by atoms with van der Waals surface area (Å²) in [5.74, 6) is 0.878. The van der Waals surface area contributed by atoms with E-state index in [1.807, 2.05) is 13.0 Å². The molecule has 23 heavy (non-hydrogen) atoms. The van der Waals surface area contributed by atoms with Gasteiger partial charge in [0.2, 0.25) is 0 Å². The van der Waals surface area contributed by atoms with Crippen molar-refractivity contribution in [2.24, 2.45) is 0 Å². The number of benzene rings is 1. The summed E-state index contributed by atoms with van der Waals surface area (Å²) in [4.78, 5) is 2.19. The summed E-state index contributed by atoms with van der Waals surface area (Å²) in [5, 5.41) is 7.89. The fourth-order valence-electron chi connectivity index (χ4n) is 2.72. The summed E-state index contributed by atoms with van der Waals surface area (Å²) in [5.41, 5.74) is 0.989. The topological polar surface area (TPSA) is 33.1 Å². The number of hydrogen-bond donors (Lipinski definition) is 1. The number of nitrogens with zero attached hydrogens (tertiary/aromatic N) is 3. The van der Waals surface area contributed by atoms with Gasteiger partial charge >= 0.3 is 6.18 Å². The zero-order valence-corrected chi connectivity index (χ0v) is 12.9. The van der Waals surface area contributed by atoms with Crippen LogP contribution in [0.5, 0.6) is 0 Å². The van der Waals surface area contributed by atoms with Gasteiger partial charge in [0.25, 0.3) is 0 Å². The summed E-state index contributed by atoms with van der Waals surface area (Å²) in [6.07, 6.45) is -3.55. The first kappa shape index (κ1) is 15.9. The van der Waals surface area contributed by atoms with E-state index in [-0.39, 0.29) is 0 Å². The molecule has 1 fully saturated rings. The van der Waals surface area contributed by atoms with Gasteiger partial charge in [-0.3, -0.25) is 0 Å². The Hall–Kier alpha value is -2.02. The number of rotatable bonds is 3. The molecule has 3 rings (SSSR count). The number of alkyl halides is 3. The van der Waals surface area contributed by atoms with Crippen molar-refractivity contribution in [2.75, 3.05) is 31.1 Å². The van der Waals surface area contributed by atoms with Crippen LogP contribution in [0.15, 0.2) is 30.3 Å². The predicted molar refractivity (Wildman–Crippen MR) is 83.0 cm³/mol. The SMILES string of the molecule is CCc1cc(N2CCNCC2)nn1-c1ccc(C(F)(F)F)cc1. The fraction of sp³-hybridized carbons (Fsp3) is 0.438. The van der Waals surface area contributed by atoms with Crippen LogP contribution in [0.25, 0.3) is 5.69 Å². The molecule has 0 aliphatic carbocycles. The monoisotopic (exact) mass is 324 g/mol. The third-order valence-electron chi connectivity index (χ3n) is 4.01. The molecule has 0 amide bonds. The minimum atomic E-state index is -4.32. The Kier molecular flexibility index (Phi) is 4.30. The maximum Gasteiger partial charge on any atom is 0.416 e. The van der Waals surface area contributed by atoms with E-state index in [2.05, 4.69) is 15.3 Å². The summed E-state index contributed by atoms with van der Waals surface area (Å²) in [6, 6.07) is 7.15. The van der Waals surface area contributed by atoms with E-state index in [0.29, 0.717) is 5.69 Å². The molecule has 0 atom stereocenters. The molecule has 124 valence electrons. The van der Waals surface area contributed by atoms with Crippen LogP contribution in [-0.2, 0) is 12.6 Å². The van der Waals surface area contributed by atoms with Gasteiger partial charge in [0.15, 0.2) is 5.82 Å². The van der Waals surface area contributed by atoms with E-state index < -0.39 is 11.7 Å². The Labute approximate surface area is 132 Å². The number of piperazine rings is 1.